The molecule has 0 bridgehead atoms. The maximum Gasteiger partial charge on any atom is 0.253 e. The number of benzene rings is 1. The van der Waals surface area contributed by atoms with Crippen LogP contribution in [-0.4, -0.2) is 71.0 Å². The van der Waals surface area contributed by atoms with E-state index in [2.05, 4.69) is 37.5 Å². The molecular weight excluding hydrogens is 322 g/mol. The normalized spacial score (nSPS) is 24.9. The van der Waals surface area contributed by atoms with E-state index in [-0.39, 0.29) is 11.4 Å². The number of fused-ring (bicyclic) bond motifs is 1. The Morgan fingerprint density at radius 1 is 1.17 bits per heavy atom. The van der Waals surface area contributed by atoms with E-state index in [0.29, 0.717) is 17.1 Å². The molecule has 0 radical (unpaired) electrons. The molecule has 0 spiro atoms. The lowest BCUT2D eigenvalue weighted by Gasteiger charge is -2.56. The topological polar surface area (TPSA) is 26.8 Å². The second-order valence-electron chi connectivity index (χ2n) is 7.94. The second kappa shape index (κ2) is 6.66. The van der Waals surface area contributed by atoms with Gasteiger partial charge in [-0.2, -0.15) is 0 Å². The van der Waals surface area contributed by atoms with Gasteiger partial charge in [-0.25, -0.2) is 0 Å². The number of carbonyl (C=O) groups excluding carboxylic acids is 1. The van der Waals surface area contributed by atoms with Crippen molar-refractivity contribution in [1.82, 2.24) is 14.7 Å². The Hall–Kier alpha value is -1.10. The highest BCUT2D eigenvalue weighted by Crippen LogP contribution is 2.29. The quantitative estimate of drug-likeness (QED) is 0.821. The number of amides is 1. The molecule has 0 N–H and O–H groups in total. The number of halogens is 1. The van der Waals surface area contributed by atoms with Crippen LogP contribution in [0.15, 0.2) is 24.3 Å². The summed E-state index contributed by atoms with van der Waals surface area (Å²) in [5.41, 5.74) is 0.730. The number of hydrogen-bond donors (Lipinski definition) is 0. The largest absolute Gasteiger partial charge is 0.335 e. The summed E-state index contributed by atoms with van der Waals surface area (Å²) in [7, 11) is 0. The molecule has 3 rings (SSSR count). The summed E-state index contributed by atoms with van der Waals surface area (Å²) < 4.78 is 0. The molecule has 2 aliphatic rings. The molecule has 1 aromatic rings. The zero-order valence-electron chi connectivity index (χ0n) is 15.1. The Balaban J connectivity index is 1.78. The maximum atomic E-state index is 12.9. The van der Waals surface area contributed by atoms with Crippen molar-refractivity contribution in [2.75, 3.05) is 32.7 Å². The van der Waals surface area contributed by atoms with E-state index < -0.39 is 0 Å². The van der Waals surface area contributed by atoms with Crippen LogP contribution in [0, 0.1) is 0 Å². The van der Waals surface area contributed by atoms with Crippen molar-refractivity contribution < 1.29 is 4.79 Å². The van der Waals surface area contributed by atoms with Crippen molar-refractivity contribution in [2.45, 2.75) is 45.3 Å². The highest BCUT2D eigenvalue weighted by Gasteiger charge is 2.44. The smallest absolute Gasteiger partial charge is 0.253 e. The Bertz CT molecular complexity index is 599. The van der Waals surface area contributed by atoms with Gasteiger partial charge in [-0.15, -0.1) is 0 Å². The summed E-state index contributed by atoms with van der Waals surface area (Å²) in [4.78, 5) is 20.1. The van der Waals surface area contributed by atoms with E-state index in [4.69, 9.17) is 11.6 Å². The van der Waals surface area contributed by atoms with Gasteiger partial charge in [-0.05, 0) is 52.0 Å². The molecule has 132 valence electrons. The highest BCUT2D eigenvalue weighted by atomic mass is 35.5. The van der Waals surface area contributed by atoms with Crippen LogP contribution in [0.2, 0.25) is 5.02 Å². The number of nitrogens with zero attached hydrogens (tertiary/aromatic N) is 3. The van der Waals surface area contributed by atoms with Crippen LogP contribution < -0.4 is 0 Å². The fraction of sp³-hybridized carbons (Fsp3) is 0.632. The van der Waals surface area contributed by atoms with E-state index in [1.54, 1.807) is 12.1 Å². The molecule has 2 heterocycles. The highest BCUT2D eigenvalue weighted by molar-refractivity contribution is 6.30. The Morgan fingerprint density at radius 2 is 1.83 bits per heavy atom. The molecule has 2 fully saturated rings. The SMILES string of the molecule is CC(C)N1CCN2[C@H](CN(C(=O)c3ccc(Cl)cc3)CC2(C)C)C1. The van der Waals surface area contributed by atoms with Crippen LogP contribution in [0.5, 0.6) is 0 Å². The average molecular weight is 350 g/mol. The second-order valence-corrected chi connectivity index (χ2v) is 8.38. The van der Waals surface area contributed by atoms with Crippen LogP contribution in [0.25, 0.3) is 0 Å². The molecule has 0 aliphatic carbocycles. The van der Waals surface area contributed by atoms with Gasteiger partial charge in [0, 0.05) is 60.9 Å². The Labute approximate surface area is 150 Å². The van der Waals surface area contributed by atoms with Crippen molar-refractivity contribution in [3.63, 3.8) is 0 Å². The summed E-state index contributed by atoms with van der Waals surface area (Å²) in [5.74, 6) is 0.112. The Morgan fingerprint density at radius 3 is 2.46 bits per heavy atom. The van der Waals surface area contributed by atoms with Crippen LogP contribution in [0.4, 0.5) is 0 Å². The van der Waals surface area contributed by atoms with Gasteiger partial charge in [0.2, 0.25) is 0 Å². The molecule has 0 saturated carbocycles. The fourth-order valence-electron chi connectivity index (χ4n) is 4.11. The molecule has 1 amide bonds. The van der Waals surface area contributed by atoms with Crippen molar-refractivity contribution >= 4 is 17.5 Å². The fourth-order valence-corrected chi connectivity index (χ4v) is 4.23. The van der Waals surface area contributed by atoms with E-state index in [9.17, 15) is 4.79 Å². The molecular formula is C19H28ClN3O. The van der Waals surface area contributed by atoms with Crippen molar-refractivity contribution in [3.8, 4) is 0 Å². The minimum atomic E-state index is 0.00801. The van der Waals surface area contributed by atoms with Gasteiger partial charge in [0.25, 0.3) is 5.91 Å². The molecule has 1 aromatic carbocycles. The zero-order chi connectivity index (χ0) is 17.5. The first-order valence-corrected chi connectivity index (χ1v) is 9.21. The van der Waals surface area contributed by atoms with E-state index in [1.165, 1.54) is 0 Å². The molecule has 2 saturated heterocycles. The van der Waals surface area contributed by atoms with E-state index >= 15 is 0 Å². The third kappa shape index (κ3) is 3.46. The number of rotatable bonds is 2. The molecule has 4 nitrogen and oxygen atoms in total. The predicted octanol–water partition coefficient (Wildman–Crippen LogP) is 2.97. The minimum Gasteiger partial charge on any atom is -0.335 e. The van der Waals surface area contributed by atoms with E-state index in [1.807, 2.05) is 17.0 Å². The van der Waals surface area contributed by atoms with E-state index in [0.717, 1.165) is 38.3 Å². The van der Waals surface area contributed by atoms with Crippen molar-refractivity contribution in [3.05, 3.63) is 34.9 Å². The third-order valence-corrected chi connectivity index (χ3v) is 5.66. The molecule has 1 atom stereocenters. The maximum absolute atomic E-state index is 12.9. The van der Waals surface area contributed by atoms with Crippen LogP contribution >= 0.6 is 11.6 Å². The lowest BCUT2D eigenvalue weighted by Crippen LogP contribution is -2.70. The van der Waals surface area contributed by atoms with Gasteiger partial charge in [0.15, 0.2) is 0 Å². The first-order valence-electron chi connectivity index (χ1n) is 8.83. The van der Waals surface area contributed by atoms with Crippen molar-refractivity contribution in [2.24, 2.45) is 0 Å². The molecule has 0 aromatic heterocycles. The van der Waals surface area contributed by atoms with Crippen LogP contribution in [0.1, 0.15) is 38.1 Å². The first kappa shape index (κ1) is 17.7. The number of piperazine rings is 2. The molecule has 2 aliphatic heterocycles. The molecule has 0 unspecified atom stereocenters. The van der Waals surface area contributed by atoms with Gasteiger partial charge < -0.3 is 4.90 Å². The van der Waals surface area contributed by atoms with Gasteiger partial charge in [-0.3, -0.25) is 14.6 Å². The van der Waals surface area contributed by atoms with Crippen LogP contribution in [0.3, 0.4) is 0 Å². The summed E-state index contributed by atoms with van der Waals surface area (Å²) in [6, 6.07) is 8.18. The predicted molar refractivity (Wildman–Crippen MR) is 98.6 cm³/mol. The minimum absolute atomic E-state index is 0.00801. The zero-order valence-corrected chi connectivity index (χ0v) is 15.9. The van der Waals surface area contributed by atoms with Crippen molar-refractivity contribution in [1.29, 1.82) is 0 Å². The summed E-state index contributed by atoms with van der Waals surface area (Å²) in [6.07, 6.45) is 0. The number of carbonyl (C=O) groups is 1. The standard InChI is InChI=1S/C19H28ClN3O/c1-14(2)21-9-10-23-17(11-21)12-22(13-19(23,3)4)18(24)15-5-7-16(20)8-6-15/h5-8,14,17H,9-13H2,1-4H3/t17-/m0/s1. The monoisotopic (exact) mass is 349 g/mol. The van der Waals surface area contributed by atoms with Gasteiger partial charge in [0.1, 0.15) is 0 Å². The first-order chi connectivity index (χ1) is 11.3. The summed E-state index contributed by atoms with van der Waals surface area (Å²) >= 11 is 5.95. The molecule has 5 heteroatoms. The average Bonchev–Trinajstić information content (AvgIpc) is 2.53. The lowest BCUT2D eigenvalue weighted by molar-refractivity contribution is -0.0616. The number of hydrogen-bond acceptors (Lipinski definition) is 3. The third-order valence-electron chi connectivity index (χ3n) is 5.41. The molecule has 24 heavy (non-hydrogen) atoms. The van der Waals surface area contributed by atoms with Gasteiger partial charge >= 0.3 is 0 Å². The Kier molecular flexibility index (Phi) is 4.92. The van der Waals surface area contributed by atoms with Crippen LogP contribution in [-0.2, 0) is 0 Å². The van der Waals surface area contributed by atoms with Gasteiger partial charge in [0.05, 0.1) is 0 Å². The summed E-state index contributed by atoms with van der Waals surface area (Å²) in [5, 5.41) is 0.663. The van der Waals surface area contributed by atoms with Gasteiger partial charge in [-0.1, -0.05) is 11.6 Å². The lowest BCUT2D eigenvalue weighted by atomic mass is 9.92. The summed E-state index contributed by atoms with van der Waals surface area (Å²) in [6.45, 7) is 13.8.